The average Bonchev–Trinajstić information content (AvgIpc) is 2.03. The van der Waals surface area contributed by atoms with Gasteiger partial charge in [-0.25, -0.2) is 4.98 Å². The second kappa shape index (κ2) is 3.92. The van der Waals surface area contributed by atoms with Gasteiger partial charge in [0.05, 0.1) is 12.3 Å². The molecule has 1 rings (SSSR count). The van der Waals surface area contributed by atoms with E-state index in [2.05, 4.69) is 10.3 Å². The Hall–Kier alpha value is -1.29. The molecule has 0 aliphatic heterocycles. The highest BCUT2D eigenvalue weighted by Crippen LogP contribution is 2.14. The maximum Gasteiger partial charge on any atom is 0.149 e. The Morgan fingerprint density at radius 3 is 3.00 bits per heavy atom. The topological polar surface area (TPSA) is 71.2 Å². The van der Waals surface area contributed by atoms with Crippen LogP contribution in [0.5, 0.6) is 0 Å². The molecule has 4 heteroatoms. The van der Waals surface area contributed by atoms with Gasteiger partial charge in [0, 0.05) is 12.7 Å². The van der Waals surface area contributed by atoms with Gasteiger partial charge in [0.15, 0.2) is 0 Å². The molecule has 0 saturated heterocycles. The van der Waals surface area contributed by atoms with Gasteiger partial charge in [-0.3, -0.25) is 0 Å². The number of hydrogen-bond acceptors (Lipinski definition) is 4. The van der Waals surface area contributed by atoms with E-state index in [1.54, 1.807) is 6.20 Å². The molecule has 1 aromatic rings. The summed E-state index contributed by atoms with van der Waals surface area (Å²) >= 11 is 0. The molecule has 0 fully saturated rings. The van der Waals surface area contributed by atoms with E-state index in [9.17, 15) is 0 Å². The highest BCUT2D eigenvalue weighted by Gasteiger charge is 1.98. The van der Waals surface area contributed by atoms with Crippen LogP contribution in [0.4, 0.5) is 11.5 Å². The van der Waals surface area contributed by atoms with E-state index in [0.717, 1.165) is 5.56 Å². The lowest BCUT2D eigenvalue weighted by Crippen LogP contribution is -2.09. The van der Waals surface area contributed by atoms with Crippen LogP contribution in [0.1, 0.15) is 5.56 Å². The maximum atomic E-state index is 8.54. The molecule has 4 nitrogen and oxygen atoms in total. The summed E-state index contributed by atoms with van der Waals surface area (Å²) < 4.78 is 0. The van der Waals surface area contributed by atoms with Crippen molar-refractivity contribution >= 4 is 11.5 Å². The Kier molecular flexibility index (Phi) is 2.88. The van der Waals surface area contributed by atoms with Gasteiger partial charge in [-0.15, -0.1) is 0 Å². The van der Waals surface area contributed by atoms with Crippen molar-refractivity contribution in [2.75, 3.05) is 24.2 Å². The molecule has 1 heterocycles. The lowest BCUT2D eigenvalue weighted by Gasteiger charge is -2.06. The third-order valence-electron chi connectivity index (χ3n) is 1.46. The highest BCUT2D eigenvalue weighted by atomic mass is 16.3. The number of aliphatic hydroxyl groups excluding tert-OH is 1. The Morgan fingerprint density at radius 1 is 1.67 bits per heavy atom. The van der Waals surface area contributed by atoms with Gasteiger partial charge in [0.2, 0.25) is 0 Å². The van der Waals surface area contributed by atoms with Gasteiger partial charge in [0.25, 0.3) is 0 Å². The van der Waals surface area contributed by atoms with E-state index >= 15 is 0 Å². The first-order chi connectivity index (χ1) is 5.74. The average molecular weight is 167 g/mol. The number of nitrogen functional groups attached to an aromatic ring is 1. The van der Waals surface area contributed by atoms with Crippen LogP contribution >= 0.6 is 0 Å². The summed E-state index contributed by atoms with van der Waals surface area (Å²) in [6.07, 6.45) is 1.73. The normalized spacial score (nSPS) is 9.83. The molecule has 0 spiro atoms. The third-order valence-corrected chi connectivity index (χ3v) is 1.46. The molecule has 1 aromatic heterocycles. The summed E-state index contributed by atoms with van der Waals surface area (Å²) in [4.78, 5) is 4.07. The van der Waals surface area contributed by atoms with Gasteiger partial charge < -0.3 is 16.2 Å². The Morgan fingerprint density at radius 2 is 2.42 bits per heavy atom. The minimum atomic E-state index is 0.0784. The predicted octanol–water partition coefficient (Wildman–Crippen LogP) is 0.376. The summed E-state index contributed by atoms with van der Waals surface area (Å²) in [6.45, 7) is 2.48. The van der Waals surface area contributed by atoms with Crippen molar-refractivity contribution in [1.29, 1.82) is 0 Å². The Balaban J connectivity index is 2.72. The number of aromatic nitrogens is 1. The van der Waals surface area contributed by atoms with Gasteiger partial charge in [0.1, 0.15) is 5.82 Å². The van der Waals surface area contributed by atoms with Crippen LogP contribution in [0, 0.1) is 6.92 Å². The minimum absolute atomic E-state index is 0.0784. The SMILES string of the molecule is Cc1cnc(NCCO)c(N)c1. The summed E-state index contributed by atoms with van der Waals surface area (Å²) in [6, 6.07) is 1.84. The fourth-order valence-electron chi connectivity index (χ4n) is 0.914. The molecule has 4 N–H and O–H groups in total. The second-order valence-corrected chi connectivity index (χ2v) is 2.60. The van der Waals surface area contributed by atoms with Crippen molar-refractivity contribution in [2.24, 2.45) is 0 Å². The van der Waals surface area contributed by atoms with E-state index in [4.69, 9.17) is 10.8 Å². The number of anilines is 2. The Labute approximate surface area is 71.4 Å². The van der Waals surface area contributed by atoms with E-state index in [0.29, 0.717) is 18.1 Å². The second-order valence-electron chi connectivity index (χ2n) is 2.60. The number of aryl methyl sites for hydroxylation is 1. The number of nitrogens with two attached hydrogens (primary N) is 1. The van der Waals surface area contributed by atoms with Crippen LogP contribution in [-0.4, -0.2) is 23.2 Å². The molecule has 0 aliphatic rings. The van der Waals surface area contributed by atoms with E-state index in [1.165, 1.54) is 0 Å². The zero-order valence-electron chi connectivity index (χ0n) is 7.04. The summed E-state index contributed by atoms with van der Waals surface area (Å²) in [5.41, 5.74) is 7.30. The number of nitrogens with one attached hydrogen (secondary N) is 1. The molecule has 66 valence electrons. The first-order valence-corrected chi connectivity index (χ1v) is 3.81. The number of aliphatic hydroxyl groups is 1. The highest BCUT2D eigenvalue weighted by molar-refractivity contribution is 5.61. The number of hydrogen-bond donors (Lipinski definition) is 3. The first kappa shape index (κ1) is 8.80. The molecule has 0 bridgehead atoms. The third kappa shape index (κ3) is 2.10. The zero-order valence-corrected chi connectivity index (χ0v) is 7.04. The maximum absolute atomic E-state index is 8.54. The standard InChI is InChI=1S/C8H13N3O/c1-6-4-7(9)8(11-5-6)10-2-3-12/h4-5,12H,2-3,9H2,1H3,(H,10,11). The summed E-state index contributed by atoms with van der Waals surface area (Å²) in [5, 5.41) is 11.4. The van der Waals surface area contributed by atoms with Crippen LogP contribution in [0.25, 0.3) is 0 Å². The fraction of sp³-hybridized carbons (Fsp3) is 0.375. The van der Waals surface area contributed by atoms with Crippen LogP contribution in [-0.2, 0) is 0 Å². The molecule has 0 radical (unpaired) electrons. The van der Waals surface area contributed by atoms with Crippen LogP contribution in [0.3, 0.4) is 0 Å². The molecular weight excluding hydrogens is 154 g/mol. The van der Waals surface area contributed by atoms with Crippen molar-refractivity contribution < 1.29 is 5.11 Å². The lowest BCUT2D eigenvalue weighted by atomic mass is 10.3. The van der Waals surface area contributed by atoms with Crippen molar-refractivity contribution in [1.82, 2.24) is 4.98 Å². The largest absolute Gasteiger partial charge is 0.396 e. The van der Waals surface area contributed by atoms with E-state index in [-0.39, 0.29) is 6.61 Å². The molecule has 0 aliphatic carbocycles. The number of nitrogens with zero attached hydrogens (tertiary/aromatic N) is 1. The summed E-state index contributed by atoms with van der Waals surface area (Å²) in [5.74, 6) is 0.634. The molecule has 0 saturated carbocycles. The number of rotatable bonds is 3. The molecular formula is C8H13N3O. The van der Waals surface area contributed by atoms with Gasteiger partial charge in [-0.05, 0) is 18.6 Å². The molecule has 0 atom stereocenters. The van der Waals surface area contributed by atoms with Gasteiger partial charge >= 0.3 is 0 Å². The van der Waals surface area contributed by atoms with Crippen LogP contribution in [0.15, 0.2) is 12.3 Å². The first-order valence-electron chi connectivity index (χ1n) is 3.81. The summed E-state index contributed by atoms with van der Waals surface area (Å²) in [7, 11) is 0. The molecule has 12 heavy (non-hydrogen) atoms. The zero-order chi connectivity index (χ0) is 8.97. The number of pyridine rings is 1. The van der Waals surface area contributed by atoms with Crippen LogP contribution in [0.2, 0.25) is 0 Å². The predicted molar refractivity (Wildman–Crippen MR) is 49.0 cm³/mol. The molecule has 0 unspecified atom stereocenters. The van der Waals surface area contributed by atoms with E-state index in [1.807, 2.05) is 13.0 Å². The smallest absolute Gasteiger partial charge is 0.149 e. The molecule has 0 aromatic carbocycles. The van der Waals surface area contributed by atoms with Gasteiger partial charge in [-0.2, -0.15) is 0 Å². The van der Waals surface area contributed by atoms with Gasteiger partial charge in [-0.1, -0.05) is 0 Å². The lowest BCUT2D eigenvalue weighted by molar-refractivity contribution is 0.311. The Bertz CT molecular complexity index is 262. The molecule has 0 amide bonds. The van der Waals surface area contributed by atoms with E-state index < -0.39 is 0 Å². The van der Waals surface area contributed by atoms with Crippen molar-refractivity contribution in [3.63, 3.8) is 0 Å². The van der Waals surface area contributed by atoms with Crippen molar-refractivity contribution in [2.45, 2.75) is 6.92 Å². The minimum Gasteiger partial charge on any atom is -0.396 e. The fourth-order valence-corrected chi connectivity index (χ4v) is 0.914. The van der Waals surface area contributed by atoms with Crippen LogP contribution < -0.4 is 11.1 Å². The quantitative estimate of drug-likeness (QED) is 0.608. The monoisotopic (exact) mass is 167 g/mol. The van der Waals surface area contributed by atoms with Crippen molar-refractivity contribution in [3.05, 3.63) is 17.8 Å². The van der Waals surface area contributed by atoms with Crippen molar-refractivity contribution in [3.8, 4) is 0 Å².